The Balaban J connectivity index is 3.16. The average molecular weight is 256 g/mol. The Kier molecular flexibility index (Phi) is 4.82. The molecule has 0 saturated carbocycles. The van der Waals surface area contributed by atoms with Gasteiger partial charge in [0.15, 0.2) is 0 Å². The van der Waals surface area contributed by atoms with E-state index in [0.29, 0.717) is 18.0 Å². The van der Waals surface area contributed by atoms with E-state index in [4.69, 9.17) is 11.6 Å². The number of hydrogen-bond acceptors (Lipinski definition) is 2. The van der Waals surface area contributed by atoms with Gasteiger partial charge in [-0.15, -0.1) is 0 Å². The second-order valence-corrected chi connectivity index (χ2v) is 4.42. The first-order valence-corrected chi connectivity index (χ1v) is 6.14. The number of halogens is 1. The van der Waals surface area contributed by atoms with E-state index < -0.39 is 12.0 Å². The first-order chi connectivity index (χ1) is 8.01. The third-order valence-electron chi connectivity index (χ3n) is 2.87. The molecule has 94 valence electrons. The van der Waals surface area contributed by atoms with Crippen LogP contribution in [0.25, 0.3) is 0 Å². The van der Waals surface area contributed by atoms with Crippen LogP contribution < -0.4 is 4.90 Å². The summed E-state index contributed by atoms with van der Waals surface area (Å²) in [7, 11) is 0. The van der Waals surface area contributed by atoms with Gasteiger partial charge in [-0.25, -0.2) is 4.79 Å². The van der Waals surface area contributed by atoms with Gasteiger partial charge in [0.05, 0.1) is 0 Å². The molecule has 0 aliphatic carbocycles. The molecule has 4 heteroatoms. The summed E-state index contributed by atoms with van der Waals surface area (Å²) < 4.78 is 0. The maximum atomic E-state index is 11.2. The predicted molar refractivity (Wildman–Crippen MR) is 70.9 cm³/mol. The highest BCUT2D eigenvalue weighted by atomic mass is 35.5. The summed E-state index contributed by atoms with van der Waals surface area (Å²) in [5.41, 5.74) is 1.94. The van der Waals surface area contributed by atoms with Gasteiger partial charge in [0.25, 0.3) is 0 Å². The van der Waals surface area contributed by atoms with Crippen molar-refractivity contribution >= 4 is 23.3 Å². The average Bonchev–Trinajstić information content (AvgIpc) is 2.28. The van der Waals surface area contributed by atoms with Gasteiger partial charge in [0, 0.05) is 17.3 Å². The SMILES string of the molecule is CCC(C(=O)O)N(CC)c1cc(Cl)ccc1C. The molecule has 0 radical (unpaired) electrons. The third kappa shape index (κ3) is 3.13. The van der Waals surface area contributed by atoms with Crippen LogP contribution in [-0.4, -0.2) is 23.7 Å². The standard InChI is InChI=1S/C13H18ClNO2/c1-4-11(13(16)17)15(5-2)12-8-10(14)7-6-9(12)3/h6-8,11H,4-5H2,1-3H3,(H,16,17). The number of benzene rings is 1. The van der Waals surface area contributed by atoms with Gasteiger partial charge in [0.2, 0.25) is 0 Å². The van der Waals surface area contributed by atoms with Crippen LogP contribution in [0.4, 0.5) is 5.69 Å². The quantitative estimate of drug-likeness (QED) is 0.877. The number of hydrogen-bond donors (Lipinski definition) is 1. The first-order valence-electron chi connectivity index (χ1n) is 5.76. The maximum Gasteiger partial charge on any atom is 0.326 e. The molecular weight excluding hydrogens is 238 g/mol. The van der Waals surface area contributed by atoms with Crippen molar-refractivity contribution in [2.45, 2.75) is 33.2 Å². The topological polar surface area (TPSA) is 40.5 Å². The molecule has 3 nitrogen and oxygen atoms in total. The highest BCUT2D eigenvalue weighted by Crippen LogP contribution is 2.26. The fourth-order valence-corrected chi connectivity index (χ4v) is 2.15. The van der Waals surface area contributed by atoms with Crippen LogP contribution in [-0.2, 0) is 4.79 Å². The minimum absolute atomic E-state index is 0.503. The molecular formula is C13H18ClNO2. The van der Waals surface area contributed by atoms with Gasteiger partial charge < -0.3 is 10.0 Å². The van der Waals surface area contributed by atoms with Crippen molar-refractivity contribution in [3.8, 4) is 0 Å². The van der Waals surface area contributed by atoms with Crippen LogP contribution in [0.1, 0.15) is 25.8 Å². The van der Waals surface area contributed by atoms with E-state index in [2.05, 4.69) is 0 Å². The molecule has 1 rings (SSSR count). The molecule has 1 aromatic rings. The van der Waals surface area contributed by atoms with Crippen LogP contribution >= 0.6 is 11.6 Å². The number of aryl methyl sites for hydroxylation is 1. The van der Waals surface area contributed by atoms with Crippen LogP contribution in [0.5, 0.6) is 0 Å². The summed E-state index contributed by atoms with van der Waals surface area (Å²) in [6.45, 7) is 6.43. The minimum atomic E-state index is -0.797. The summed E-state index contributed by atoms with van der Waals surface area (Å²) in [5, 5.41) is 9.85. The molecule has 1 aromatic carbocycles. The Bertz CT molecular complexity index is 406. The van der Waals surface area contributed by atoms with Gasteiger partial charge in [-0.3, -0.25) is 0 Å². The van der Waals surface area contributed by atoms with Crippen LogP contribution in [0.2, 0.25) is 5.02 Å². The molecule has 0 spiro atoms. The van der Waals surface area contributed by atoms with Gasteiger partial charge in [-0.2, -0.15) is 0 Å². The normalized spacial score (nSPS) is 12.2. The van der Waals surface area contributed by atoms with E-state index in [1.54, 1.807) is 0 Å². The fourth-order valence-electron chi connectivity index (χ4n) is 1.98. The lowest BCUT2D eigenvalue weighted by atomic mass is 10.1. The Hall–Kier alpha value is -1.22. The molecule has 0 bridgehead atoms. The van der Waals surface area contributed by atoms with E-state index in [1.807, 2.05) is 43.9 Å². The molecule has 1 N–H and O–H groups in total. The maximum absolute atomic E-state index is 11.2. The van der Waals surface area contributed by atoms with Gasteiger partial charge in [0.1, 0.15) is 6.04 Å². The smallest absolute Gasteiger partial charge is 0.326 e. The number of nitrogens with zero attached hydrogens (tertiary/aromatic N) is 1. The Morgan fingerprint density at radius 3 is 2.59 bits per heavy atom. The lowest BCUT2D eigenvalue weighted by molar-refractivity contribution is -0.138. The van der Waals surface area contributed by atoms with Crippen molar-refractivity contribution < 1.29 is 9.90 Å². The summed E-state index contributed by atoms with van der Waals surface area (Å²) in [5.74, 6) is -0.797. The highest BCUT2D eigenvalue weighted by molar-refractivity contribution is 6.30. The fraction of sp³-hybridized carbons (Fsp3) is 0.462. The largest absolute Gasteiger partial charge is 0.480 e. The molecule has 0 saturated heterocycles. The summed E-state index contributed by atoms with van der Waals surface area (Å²) >= 11 is 5.97. The van der Waals surface area contributed by atoms with Crippen molar-refractivity contribution in [1.29, 1.82) is 0 Å². The monoisotopic (exact) mass is 255 g/mol. The molecule has 0 heterocycles. The number of likely N-dealkylation sites (N-methyl/N-ethyl adjacent to an activating group) is 1. The molecule has 0 aromatic heterocycles. The molecule has 0 amide bonds. The zero-order valence-corrected chi connectivity index (χ0v) is 11.2. The van der Waals surface area contributed by atoms with Crippen molar-refractivity contribution in [3.63, 3.8) is 0 Å². The highest BCUT2D eigenvalue weighted by Gasteiger charge is 2.23. The Labute approximate surface area is 107 Å². The van der Waals surface area contributed by atoms with E-state index in [-0.39, 0.29) is 0 Å². The zero-order valence-electron chi connectivity index (χ0n) is 10.4. The van der Waals surface area contributed by atoms with Crippen LogP contribution in [0.3, 0.4) is 0 Å². The van der Waals surface area contributed by atoms with Crippen LogP contribution in [0, 0.1) is 6.92 Å². The first kappa shape index (κ1) is 13.8. The summed E-state index contributed by atoms with van der Waals surface area (Å²) in [6, 6.07) is 5.05. The number of carboxylic acid groups (broad SMARTS) is 1. The predicted octanol–water partition coefficient (Wildman–Crippen LogP) is 3.34. The number of carboxylic acids is 1. The van der Waals surface area contributed by atoms with E-state index >= 15 is 0 Å². The lowest BCUT2D eigenvalue weighted by Gasteiger charge is -2.30. The number of anilines is 1. The number of rotatable bonds is 5. The minimum Gasteiger partial charge on any atom is -0.480 e. The van der Waals surface area contributed by atoms with Crippen molar-refractivity contribution in [2.24, 2.45) is 0 Å². The lowest BCUT2D eigenvalue weighted by Crippen LogP contribution is -2.41. The second-order valence-electron chi connectivity index (χ2n) is 3.98. The number of aliphatic carboxylic acids is 1. The third-order valence-corrected chi connectivity index (χ3v) is 3.10. The Morgan fingerprint density at radius 2 is 2.12 bits per heavy atom. The number of carbonyl (C=O) groups is 1. The molecule has 0 fully saturated rings. The van der Waals surface area contributed by atoms with E-state index in [0.717, 1.165) is 11.3 Å². The molecule has 17 heavy (non-hydrogen) atoms. The van der Waals surface area contributed by atoms with Crippen molar-refractivity contribution in [2.75, 3.05) is 11.4 Å². The molecule has 0 aliphatic rings. The second kappa shape index (κ2) is 5.92. The summed E-state index contributed by atoms with van der Waals surface area (Å²) in [4.78, 5) is 13.1. The molecule has 0 aliphatic heterocycles. The van der Waals surface area contributed by atoms with E-state index in [1.165, 1.54) is 0 Å². The zero-order chi connectivity index (χ0) is 13.0. The Morgan fingerprint density at radius 1 is 1.47 bits per heavy atom. The van der Waals surface area contributed by atoms with Gasteiger partial charge in [-0.1, -0.05) is 24.6 Å². The van der Waals surface area contributed by atoms with Crippen molar-refractivity contribution in [1.82, 2.24) is 0 Å². The summed E-state index contributed by atoms with van der Waals surface area (Å²) in [6.07, 6.45) is 0.565. The van der Waals surface area contributed by atoms with Crippen molar-refractivity contribution in [3.05, 3.63) is 28.8 Å². The molecule has 1 unspecified atom stereocenters. The van der Waals surface area contributed by atoms with Gasteiger partial charge in [-0.05, 0) is 38.0 Å². The van der Waals surface area contributed by atoms with Gasteiger partial charge >= 0.3 is 5.97 Å². The molecule has 1 atom stereocenters. The van der Waals surface area contributed by atoms with Crippen LogP contribution in [0.15, 0.2) is 18.2 Å². The van der Waals surface area contributed by atoms with E-state index in [9.17, 15) is 9.90 Å².